The molecule has 0 aliphatic rings. The van der Waals surface area contributed by atoms with E-state index in [-0.39, 0.29) is 51.0 Å². The third kappa shape index (κ3) is 7.14. The average molecular weight is 259 g/mol. The summed E-state index contributed by atoms with van der Waals surface area (Å²) in [4.78, 5) is 0. The summed E-state index contributed by atoms with van der Waals surface area (Å²) in [5.74, 6) is 2.13. The topological polar surface area (TPSA) is 0 Å². The van der Waals surface area contributed by atoms with E-state index in [1.54, 1.807) is 0 Å². The Morgan fingerprint density at radius 1 is 1.44 bits per heavy atom. The average Bonchev–Trinajstić information content (AvgIpc) is 1.86. The molecule has 0 saturated carbocycles. The van der Waals surface area contributed by atoms with Crippen molar-refractivity contribution in [3.8, 4) is 0 Å². The monoisotopic (exact) mass is 257 g/mol. The van der Waals surface area contributed by atoms with E-state index in [9.17, 15) is 0 Å². The molecule has 49 valence electrons. The maximum atomic E-state index is 3.07. The first kappa shape index (κ1) is 16.7. The van der Waals surface area contributed by atoms with Crippen LogP contribution in [0, 0.1) is 13.0 Å². The van der Waals surface area contributed by atoms with Gasteiger partial charge in [-0.15, -0.1) is 5.30 Å². The van der Waals surface area contributed by atoms with Crippen molar-refractivity contribution < 1.29 is 51.0 Å². The molecule has 1 atom stereocenters. The van der Waals surface area contributed by atoms with E-state index in [0.717, 1.165) is 8.19 Å². The van der Waals surface area contributed by atoms with Gasteiger partial charge in [0.25, 0.3) is 0 Å². The first-order valence-corrected chi connectivity index (χ1v) is 2.99. The molecule has 0 fully saturated rings. The standard InChI is InChI=1S/C5H6P.2ClH.Zr/c1-5-3-2-4-6-5;;;/h2,4,6H,1H3;2*1H;/q-1;;;+3/p-2. The molecule has 0 aromatic carbocycles. The molecule has 0 aliphatic heterocycles. The quantitative estimate of drug-likeness (QED) is 0.415. The van der Waals surface area contributed by atoms with Crippen LogP contribution in [0.4, 0.5) is 0 Å². The molecule has 1 radical (unpaired) electrons. The Hall–Kier alpha value is 1.24. The van der Waals surface area contributed by atoms with E-state index in [4.69, 9.17) is 0 Å². The van der Waals surface area contributed by atoms with Gasteiger partial charge in [0.2, 0.25) is 0 Å². The van der Waals surface area contributed by atoms with Gasteiger partial charge in [-0.3, -0.25) is 0 Å². The Balaban J connectivity index is -0.000000120. The number of hydrogen-bond acceptors (Lipinski definition) is 0. The van der Waals surface area contributed by atoms with E-state index in [1.165, 1.54) is 5.30 Å². The van der Waals surface area contributed by atoms with Gasteiger partial charge in [0.15, 0.2) is 0 Å². The van der Waals surface area contributed by atoms with Gasteiger partial charge in [-0.1, -0.05) is 6.92 Å². The van der Waals surface area contributed by atoms with Gasteiger partial charge in [-0.2, -0.15) is 5.80 Å². The molecule has 0 nitrogen and oxygen atoms in total. The van der Waals surface area contributed by atoms with E-state index in [1.807, 2.05) is 6.07 Å². The molecule has 9 heavy (non-hydrogen) atoms. The summed E-state index contributed by atoms with van der Waals surface area (Å²) in [6.07, 6.45) is 0. The van der Waals surface area contributed by atoms with Crippen molar-refractivity contribution >= 4 is 8.19 Å². The minimum Gasteiger partial charge on any atom is -1.00 e. The second-order valence-corrected chi connectivity index (χ2v) is 2.62. The second kappa shape index (κ2) is 9.24. The van der Waals surface area contributed by atoms with Crippen molar-refractivity contribution in [1.29, 1.82) is 0 Å². The number of halogens is 2. The molecule has 1 unspecified atom stereocenters. The molecule has 1 aromatic heterocycles. The maximum Gasteiger partial charge on any atom is 3.00 e. The Bertz CT molecular complexity index is 119. The molecule has 1 heterocycles. The largest absolute Gasteiger partial charge is 3.00 e. The summed E-state index contributed by atoms with van der Waals surface area (Å²) >= 11 is 0. The Morgan fingerprint density at radius 3 is 2.11 bits per heavy atom. The first-order valence-electron chi connectivity index (χ1n) is 1.91. The van der Waals surface area contributed by atoms with Crippen molar-refractivity contribution in [1.82, 2.24) is 0 Å². The van der Waals surface area contributed by atoms with E-state index < -0.39 is 0 Å². The Morgan fingerprint density at radius 2 is 2.00 bits per heavy atom. The molecule has 0 spiro atoms. The molecule has 0 aliphatic carbocycles. The number of aryl methyl sites for hydroxylation is 1. The normalized spacial score (nSPS) is 6.78. The van der Waals surface area contributed by atoms with E-state index >= 15 is 0 Å². The maximum absolute atomic E-state index is 3.07. The molecular formula is C5H6Cl2PZr. The predicted molar refractivity (Wildman–Crippen MR) is 29.5 cm³/mol. The fourth-order valence-corrected chi connectivity index (χ4v) is 0.958. The third-order valence-electron chi connectivity index (χ3n) is 0.683. The van der Waals surface area contributed by atoms with Crippen LogP contribution in [0.1, 0.15) is 5.30 Å². The summed E-state index contributed by atoms with van der Waals surface area (Å²) in [6, 6.07) is 5.05. The number of rotatable bonds is 0. The summed E-state index contributed by atoms with van der Waals surface area (Å²) < 4.78 is 0. The summed E-state index contributed by atoms with van der Waals surface area (Å²) in [6.45, 7) is 2.10. The summed E-state index contributed by atoms with van der Waals surface area (Å²) in [5, 5.41) is 1.37. The minimum atomic E-state index is 0. The van der Waals surface area contributed by atoms with Gasteiger partial charge in [-0.25, -0.2) is 20.3 Å². The van der Waals surface area contributed by atoms with Crippen LogP contribution in [0.25, 0.3) is 0 Å². The van der Waals surface area contributed by atoms with Gasteiger partial charge in [0.05, 0.1) is 0 Å². The van der Waals surface area contributed by atoms with Gasteiger partial charge in [0.1, 0.15) is 0 Å². The smallest absolute Gasteiger partial charge is 1.00 e. The van der Waals surface area contributed by atoms with Crippen LogP contribution in [0.3, 0.4) is 0 Å². The SMILES string of the molecule is Cc1[c-]cc[pH]1.[Cl-].[Cl-].[Zr+3]. The van der Waals surface area contributed by atoms with Crippen LogP contribution < -0.4 is 24.8 Å². The fraction of sp³-hybridized carbons (Fsp3) is 0.200. The Kier molecular flexibility index (Phi) is 17.1. The molecule has 0 amide bonds. The molecule has 1 rings (SSSR count). The van der Waals surface area contributed by atoms with Gasteiger partial charge in [-0.05, 0) is 0 Å². The van der Waals surface area contributed by atoms with Crippen molar-refractivity contribution in [3.63, 3.8) is 0 Å². The molecule has 0 saturated heterocycles. The zero-order valence-corrected chi connectivity index (χ0v) is 9.88. The zero-order valence-electron chi connectivity index (χ0n) is 4.91. The van der Waals surface area contributed by atoms with Crippen LogP contribution in [-0.2, 0) is 26.2 Å². The zero-order chi connectivity index (χ0) is 4.41. The number of hydrogen-bond donors (Lipinski definition) is 0. The first-order chi connectivity index (χ1) is 2.89. The van der Waals surface area contributed by atoms with Crippen molar-refractivity contribution in [2.45, 2.75) is 6.92 Å². The Labute approximate surface area is 88.8 Å². The van der Waals surface area contributed by atoms with Crippen LogP contribution in [-0.4, -0.2) is 0 Å². The fourth-order valence-electron chi connectivity index (χ4n) is 0.375. The summed E-state index contributed by atoms with van der Waals surface area (Å²) in [7, 11) is 0.907. The molecule has 0 N–H and O–H groups in total. The molecule has 0 bridgehead atoms. The van der Waals surface area contributed by atoms with Gasteiger partial charge in [0, 0.05) is 0 Å². The van der Waals surface area contributed by atoms with E-state index in [2.05, 4.69) is 18.8 Å². The molecule has 4 heteroatoms. The van der Waals surface area contributed by atoms with Crippen molar-refractivity contribution in [3.05, 3.63) is 23.2 Å². The molecule has 1 aromatic rings. The second-order valence-electron chi connectivity index (χ2n) is 1.25. The van der Waals surface area contributed by atoms with Crippen LogP contribution in [0.2, 0.25) is 0 Å². The van der Waals surface area contributed by atoms with Crippen LogP contribution in [0.5, 0.6) is 0 Å². The van der Waals surface area contributed by atoms with Crippen LogP contribution in [0.15, 0.2) is 11.9 Å². The van der Waals surface area contributed by atoms with E-state index in [0.29, 0.717) is 0 Å². The van der Waals surface area contributed by atoms with Gasteiger partial charge >= 0.3 is 26.2 Å². The van der Waals surface area contributed by atoms with Crippen molar-refractivity contribution in [2.75, 3.05) is 0 Å². The minimum absolute atomic E-state index is 0. The summed E-state index contributed by atoms with van der Waals surface area (Å²) in [5.41, 5.74) is 0. The van der Waals surface area contributed by atoms with Gasteiger partial charge < -0.3 is 24.8 Å². The van der Waals surface area contributed by atoms with Crippen LogP contribution >= 0.6 is 8.19 Å². The predicted octanol–water partition coefficient (Wildman–Crippen LogP) is -4.17. The molecular weight excluding hydrogens is 253 g/mol. The van der Waals surface area contributed by atoms with Crippen molar-refractivity contribution in [2.24, 2.45) is 0 Å². The third-order valence-corrected chi connectivity index (χ3v) is 1.59.